The number of unbranched alkanes of at least 4 members (excludes halogenated alkanes) is 6. The van der Waals surface area contributed by atoms with Crippen LogP contribution < -0.4 is 4.74 Å². The molecule has 0 aliphatic carbocycles. The number of benzene rings is 1. The van der Waals surface area contributed by atoms with Crippen LogP contribution >= 0.6 is 15.9 Å². The van der Waals surface area contributed by atoms with Crippen LogP contribution in [0.3, 0.4) is 0 Å². The zero-order valence-electron chi connectivity index (χ0n) is 12.0. The molecule has 1 aromatic carbocycles. The predicted molar refractivity (Wildman–Crippen MR) is 84.7 cm³/mol. The topological polar surface area (TPSA) is 52.4 Å². The molecule has 0 N–H and O–H groups in total. The second kappa shape index (κ2) is 10.5. The summed E-state index contributed by atoms with van der Waals surface area (Å²) in [7, 11) is 0. The summed E-state index contributed by atoms with van der Waals surface area (Å²) in [5, 5.41) is 11.6. The first-order valence-electron chi connectivity index (χ1n) is 7.28. The van der Waals surface area contributed by atoms with E-state index in [4.69, 9.17) is 4.74 Å². The molecule has 6 heteroatoms. The first-order valence-corrected chi connectivity index (χ1v) is 8.40. The number of hydrogen-bond acceptors (Lipinski definition) is 3. The van der Waals surface area contributed by atoms with Crippen LogP contribution in [0.15, 0.2) is 18.2 Å². The number of halogens is 2. The van der Waals surface area contributed by atoms with Gasteiger partial charge in [-0.1, -0.05) is 48.0 Å². The van der Waals surface area contributed by atoms with Gasteiger partial charge in [-0.25, -0.2) is 0 Å². The molecule has 4 nitrogen and oxygen atoms in total. The van der Waals surface area contributed by atoms with Gasteiger partial charge >= 0.3 is 5.69 Å². The minimum Gasteiger partial charge on any atom is -0.493 e. The lowest BCUT2D eigenvalue weighted by Gasteiger charge is -2.06. The monoisotopic (exact) mass is 361 g/mol. The van der Waals surface area contributed by atoms with Crippen molar-refractivity contribution >= 4 is 21.6 Å². The van der Waals surface area contributed by atoms with Gasteiger partial charge in [-0.2, -0.15) is 4.39 Å². The summed E-state index contributed by atoms with van der Waals surface area (Å²) >= 11 is 3.41. The Hall–Kier alpha value is -1.17. The molecule has 0 aliphatic heterocycles. The third-order valence-electron chi connectivity index (χ3n) is 3.16. The molecule has 1 aromatic rings. The Kier molecular flexibility index (Phi) is 8.98. The largest absolute Gasteiger partial charge is 0.493 e. The van der Waals surface area contributed by atoms with Crippen molar-refractivity contribution in [3.05, 3.63) is 34.1 Å². The van der Waals surface area contributed by atoms with E-state index >= 15 is 0 Å². The summed E-state index contributed by atoms with van der Waals surface area (Å²) in [5.41, 5.74) is -0.522. The lowest BCUT2D eigenvalue weighted by molar-refractivity contribution is -0.387. The Morgan fingerprint density at radius 3 is 2.29 bits per heavy atom. The molecule has 21 heavy (non-hydrogen) atoms. The zero-order valence-corrected chi connectivity index (χ0v) is 13.6. The number of ether oxygens (including phenoxy) is 1. The maximum absolute atomic E-state index is 13.4. The molecule has 0 aliphatic rings. The summed E-state index contributed by atoms with van der Waals surface area (Å²) in [6.45, 7) is 0.513. The Bertz CT molecular complexity index is 443. The Morgan fingerprint density at radius 2 is 1.71 bits per heavy atom. The number of nitro groups is 1. The van der Waals surface area contributed by atoms with Crippen molar-refractivity contribution in [2.75, 3.05) is 11.9 Å². The fourth-order valence-electron chi connectivity index (χ4n) is 2.00. The molecule has 0 saturated carbocycles. The SMILES string of the molecule is O=[N+]([O-])c1ccc(OCCCCCCCCCBr)cc1F. The Labute approximate surface area is 133 Å². The van der Waals surface area contributed by atoms with E-state index in [1.54, 1.807) is 0 Å². The second-order valence-corrected chi connectivity index (χ2v) is 5.68. The molecule has 0 saturated heterocycles. The van der Waals surface area contributed by atoms with Gasteiger partial charge in [-0.3, -0.25) is 10.1 Å². The van der Waals surface area contributed by atoms with E-state index in [-0.39, 0.29) is 0 Å². The molecular weight excluding hydrogens is 341 g/mol. The van der Waals surface area contributed by atoms with E-state index in [0.29, 0.717) is 12.4 Å². The molecule has 0 spiro atoms. The van der Waals surface area contributed by atoms with Crippen LogP contribution in [0.4, 0.5) is 10.1 Å². The van der Waals surface area contributed by atoms with E-state index in [0.717, 1.165) is 30.3 Å². The van der Waals surface area contributed by atoms with E-state index in [1.807, 2.05) is 0 Å². The number of nitro benzene ring substituents is 1. The standard InChI is InChI=1S/C15H21BrFNO3/c16-10-6-4-2-1-3-5-7-11-21-13-8-9-15(18(19)20)14(17)12-13/h8-9,12H,1-7,10-11H2. The smallest absolute Gasteiger partial charge is 0.305 e. The lowest BCUT2D eigenvalue weighted by atomic mass is 10.1. The summed E-state index contributed by atoms with van der Waals surface area (Å²) in [4.78, 5) is 9.74. The van der Waals surface area contributed by atoms with Crippen molar-refractivity contribution in [2.24, 2.45) is 0 Å². The van der Waals surface area contributed by atoms with Crippen molar-refractivity contribution in [1.82, 2.24) is 0 Å². The van der Waals surface area contributed by atoms with Gasteiger partial charge in [-0.05, 0) is 18.9 Å². The van der Waals surface area contributed by atoms with Gasteiger partial charge < -0.3 is 4.74 Å². The summed E-state index contributed by atoms with van der Waals surface area (Å²) in [6.07, 6.45) is 8.18. The molecule has 0 radical (unpaired) electrons. The highest BCUT2D eigenvalue weighted by molar-refractivity contribution is 9.09. The number of hydrogen-bond donors (Lipinski definition) is 0. The predicted octanol–water partition coefficient (Wildman–Crippen LogP) is 5.24. The van der Waals surface area contributed by atoms with Crippen molar-refractivity contribution < 1.29 is 14.1 Å². The first kappa shape index (κ1) is 17.9. The van der Waals surface area contributed by atoms with Crippen molar-refractivity contribution in [1.29, 1.82) is 0 Å². The van der Waals surface area contributed by atoms with E-state index < -0.39 is 16.4 Å². The average molecular weight is 362 g/mol. The van der Waals surface area contributed by atoms with Gasteiger partial charge in [0.2, 0.25) is 5.82 Å². The minimum absolute atomic E-state index is 0.343. The Balaban J connectivity index is 2.13. The maximum Gasteiger partial charge on any atom is 0.305 e. The molecule has 0 bridgehead atoms. The zero-order chi connectivity index (χ0) is 15.5. The van der Waals surface area contributed by atoms with Crippen LogP contribution in [0.2, 0.25) is 0 Å². The quantitative estimate of drug-likeness (QED) is 0.234. The van der Waals surface area contributed by atoms with Crippen LogP contribution in [0.1, 0.15) is 44.9 Å². The van der Waals surface area contributed by atoms with Gasteiger partial charge in [0.1, 0.15) is 5.75 Å². The average Bonchev–Trinajstić information content (AvgIpc) is 2.45. The summed E-state index contributed by atoms with van der Waals surface area (Å²) in [6, 6.07) is 3.63. The number of alkyl halides is 1. The highest BCUT2D eigenvalue weighted by Gasteiger charge is 2.13. The number of rotatable bonds is 11. The van der Waals surface area contributed by atoms with Gasteiger partial charge in [0.25, 0.3) is 0 Å². The van der Waals surface area contributed by atoms with Crippen LogP contribution in [0, 0.1) is 15.9 Å². The third-order valence-corrected chi connectivity index (χ3v) is 3.72. The summed E-state index contributed by atoms with van der Waals surface area (Å²) < 4.78 is 18.8. The van der Waals surface area contributed by atoms with E-state index in [2.05, 4.69) is 15.9 Å². The molecule has 1 rings (SSSR count). The van der Waals surface area contributed by atoms with Gasteiger partial charge in [0.15, 0.2) is 0 Å². The number of nitrogens with zero attached hydrogens (tertiary/aromatic N) is 1. The molecular formula is C15H21BrFNO3. The van der Waals surface area contributed by atoms with Crippen LogP contribution in [-0.2, 0) is 0 Å². The molecule has 0 unspecified atom stereocenters. The molecule has 0 atom stereocenters. The van der Waals surface area contributed by atoms with Gasteiger partial charge in [-0.15, -0.1) is 0 Å². The molecule has 0 aromatic heterocycles. The highest BCUT2D eigenvalue weighted by atomic mass is 79.9. The third kappa shape index (κ3) is 7.41. The van der Waals surface area contributed by atoms with Crippen LogP contribution in [0.5, 0.6) is 5.75 Å². The van der Waals surface area contributed by atoms with E-state index in [1.165, 1.54) is 38.2 Å². The van der Waals surface area contributed by atoms with Crippen molar-refractivity contribution in [3.63, 3.8) is 0 Å². The first-order chi connectivity index (χ1) is 10.1. The van der Waals surface area contributed by atoms with Crippen molar-refractivity contribution in [2.45, 2.75) is 44.9 Å². The van der Waals surface area contributed by atoms with E-state index in [9.17, 15) is 14.5 Å². The van der Waals surface area contributed by atoms with Crippen LogP contribution in [-0.4, -0.2) is 16.9 Å². The highest BCUT2D eigenvalue weighted by Crippen LogP contribution is 2.22. The fourth-order valence-corrected chi connectivity index (χ4v) is 2.39. The second-order valence-electron chi connectivity index (χ2n) is 4.88. The molecule has 0 heterocycles. The summed E-state index contributed by atoms with van der Waals surface area (Å²) in [5.74, 6) is -0.514. The lowest BCUT2D eigenvalue weighted by Crippen LogP contribution is -1.99. The van der Waals surface area contributed by atoms with Gasteiger partial charge in [0, 0.05) is 17.5 Å². The van der Waals surface area contributed by atoms with Crippen molar-refractivity contribution in [3.8, 4) is 5.75 Å². The molecule has 0 amide bonds. The van der Waals surface area contributed by atoms with Gasteiger partial charge in [0.05, 0.1) is 11.5 Å². The molecule has 118 valence electrons. The Morgan fingerprint density at radius 1 is 1.10 bits per heavy atom. The maximum atomic E-state index is 13.4. The minimum atomic E-state index is -0.857. The fraction of sp³-hybridized carbons (Fsp3) is 0.600. The van der Waals surface area contributed by atoms with Crippen LogP contribution in [0.25, 0.3) is 0 Å². The normalized spacial score (nSPS) is 10.6. The molecule has 0 fully saturated rings.